The second-order valence-corrected chi connectivity index (χ2v) is 9.69. The monoisotopic (exact) mass is 477 g/mol. The van der Waals surface area contributed by atoms with E-state index in [2.05, 4.69) is 4.99 Å². The van der Waals surface area contributed by atoms with E-state index in [4.69, 9.17) is 4.74 Å². The minimum atomic E-state index is -3.66. The summed E-state index contributed by atoms with van der Waals surface area (Å²) in [4.78, 5) is 39.3. The quantitative estimate of drug-likeness (QED) is 0.276. The lowest BCUT2D eigenvalue weighted by Crippen LogP contribution is -2.23. The zero-order valence-electron chi connectivity index (χ0n) is 17.0. The molecule has 0 saturated heterocycles. The zero-order chi connectivity index (χ0) is 23.3. The fourth-order valence-electron chi connectivity index (χ4n) is 2.87. The molecule has 0 aliphatic carbocycles. The van der Waals surface area contributed by atoms with Gasteiger partial charge in [0.15, 0.2) is 14.6 Å². The van der Waals surface area contributed by atoms with Crippen molar-refractivity contribution in [2.45, 2.75) is 24.8 Å². The summed E-state index contributed by atoms with van der Waals surface area (Å²) in [7, 11) is -3.66. The van der Waals surface area contributed by atoms with E-state index in [1.54, 1.807) is 25.1 Å². The number of thiazole rings is 1. The molecule has 1 amide bonds. The molecule has 3 aromatic rings. The predicted octanol–water partition coefficient (Wildman–Crippen LogP) is 2.47. The molecule has 1 heterocycles. The Balaban J connectivity index is 1.94. The topological polar surface area (TPSA) is 138 Å². The highest BCUT2D eigenvalue weighted by molar-refractivity contribution is 7.91. The van der Waals surface area contributed by atoms with E-state index in [0.717, 1.165) is 11.3 Å². The molecule has 0 unspecified atom stereocenters. The van der Waals surface area contributed by atoms with Crippen molar-refractivity contribution in [3.8, 4) is 0 Å². The fraction of sp³-hybridized carbons (Fsp3) is 0.250. The molecule has 0 aliphatic rings. The van der Waals surface area contributed by atoms with Crippen molar-refractivity contribution in [2.24, 2.45) is 4.99 Å². The van der Waals surface area contributed by atoms with E-state index >= 15 is 0 Å². The number of carbonyl (C=O) groups excluding carboxylic acids is 2. The van der Waals surface area contributed by atoms with Gasteiger partial charge >= 0.3 is 5.97 Å². The second kappa shape index (κ2) is 9.83. The van der Waals surface area contributed by atoms with Crippen LogP contribution in [-0.2, 0) is 30.7 Å². The van der Waals surface area contributed by atoms with E-state index in [-0.39, 0.29) is 35.0 Å². The normalized spacial score (nSPS) is 12.1. The van der Waals surface area contributed by atoms with Crippen molar-refractivity contribution in [1.29, 1.82) is 0 Å². The van der Waals surface area contributed by atoms with Gasteiger partial charge in [-0.2, -0.15) is 4.99 Å². The molecule has 0 bridgehead atoms. The first kappa shape index (κ1) is 23.3. The van der Waals surface area contributed by atoms with E-state index < -0.39 is 32.4 Å². The summed E-state index contributed by atoms with van der Waals surface area (Å²) in [5.41, 5.74) is 0.167. The number of nitro benzene ring substituents is 1. The van der Waals surface area contributed by atoms with Crippen LogP contribution < -0.4 is 4.80 Å². The first-order chi connectivity index (χ1) is 15.2. The molecule has 0 saturated carbocycles. The average Bonchev–Trinajstić information content (AvgIpc) is 3.09. The molecule has 10 nitrogen and oxygen atoms in total. The number of esters is 1. The van der Waals surface area contributed by atoms with Crippen LogP contribution in [0.4, 0.5) is 5.69 Å². The van der Waals surface area contributed by atoms with Gasteiger partial charge in [0.05, 0.1) is 32.4 Å². The molecule has 0 N–H and O–H groups in total. The number of nitrogens with zero attached hydrogens (tertiary/aromatic N) is 3. The van der Waals surface area contributed by atoms with Gasteiger partial charge in [0.1, 0.15) is 6.54 Å². The maximum Gasteiger partial charge on any atom is 0.326 e. The highest BCUT2D eigenvalue weighted by Gasteiger charge is 2.18. The Hall–Kier alpha value is -3.38. The molecule has 0 fully saturated rings. The Bertz CT molecular complexity index is 1340. The van der Waals surface area contributed by atoms with Crippen molar-refractivity contribution in [2.75, 3.05) is 12.4 Å². The maximum atomic E-state index is 12.4. The Morgan fingerprint density at radius 3 is 2.56 bits per heavy atom. The minimum Gasteiger partial charge on any atom is -0.465 e. The SMILES string of the molecule is CCOC(=O)Cn1c(=NC(=O)CCS(=O)(=O)c2ccccc2)sc2ccc([N+](=O)[O-])cc21. The third-order valence-corrected chi connectivity index (χ3v) is 7.17. The largest absolute Gasteiger partial charge is 0.465 e. The van der Waals surface area contributed by atoms with Crippen LogP contribution in [0.25, 0.3) is 10.2 Å². The molecule has 0 aliphatic heterocycles. The first-order valence-electron chi connectivity index (χ1n) is 9.50. The van der Waals surface area contributed by atoms with Crippen LogP contribution in [0.2, 0.25) is 0 Å². The number of sulfone groups is 1. The molecule has 3 rings (SSSR count). The van der Waals surface area contributed by atoms with Crippen molar-refractivity contribution >= 4 is 49.0 Å². The van der Waals surface area contributed by atoms with Crippen LogP contribution in [0.5, 0.6) is 0 Å². The van der Waals surface area contributed by atoms with Gasteiger partial charge < -0.3 is 9.30 Å². The van der Waals surface area contributed by atoms with Crippen molar-refractivity contribution in [3.05, 3.63) is 63.4 Å². The Morgan fingerprint density at radius 1 is 1.19 bits per heavy atom. The number of hydrogen-bond donors (Lipinski definition) is 0. The number of non-ortho nitro benzene ring substituents is 1. The van der Waals surface area contributed by atoms with E-state index in [1.165, 1.54) is 34.9 Å². The summed E-state index contributed by atoms with van der Waals surface area (Å²) >= 11 is 1.06. The van der Waals surface area contributed by atoms with Crippen LogP contribution in [0.1, 0.15) is 13.3 Å². The molecule has 12 heteroatoms. The van der Waals surface area contributed by atoms with Gasteiger partial charge in [0, 0.05) is 18.6 Å². The number of nitro groups is 1. The van der Waals surface area contributed by atoms with Gasteiger partial charge in [-0.25, -0.2) is 8.42 Å². The van der Waals surface area contributed by atoms with Gasteiger partial charge in [-0.3, -0.25) is 19.7 Å². The number of rotatable bonds is 8. The Kier molecular flexibility index (Phi) is 7.15. The smallest absolute Gasteiger partial charge is 0.326 e. The number of fused-ring (bicyclic) bond motifs is 1. The minimum absolute atomic E-state index is 0.111. The summed E-state index contributed by atoms with van der Waals surface area (Å²) in [5, 5.41) is 11.1. The van der Waals surface area contributed by atoms with Crippen LogP contribution in [0.3, 0.4) is 0 Å². The van der Waals surface area contributed by atoms with Crippen molar-refractivity contribution in [3.63, 3.8) is 0 Å². The summed E-state index contributed by atoms with van der Waals surface area (Å²) in [6.45, 7) is 1.48. The molecule has 0 spiro atoms. The van der Waals surface area contributed by atoms with Crippen molar-refractivity contribution < 1.29 is 27.7 Å². The molecule has 2 aromatic carbocycles. The van der Waals surface area contributed by atoms with Crippen LogP contribution in [-0.4, -0.2) is 42.1 Å². The molecule has 168 valence electrons. The lowest BCUT2D eigenvalue weighted by molar-refractivity contribution is -0.384. The van der Waals surface area contributed by atoms with E-state index in [1.807, 2.05) is 0 Å². The predicted molar refractivity (Wildman–Crippen MR) is 117 cm³/mol. The third-order valence-electron chi connectivity index (χ3n) is 4.38. The van der Waals surface area contributed by atoms with E-state index in [9.17, 15) is 28.1 Å². The summed E-state index contributed by atoms with van der Waals surface area (Å²) < 4.78 is 31.7. The lowest BCUT2D eigenvalue weighted by atomic mass is 10.3. The van der Waals surface area contributed by atoms with Gasteiger partial charge in [0.25, 0.3) is 5.69 Å². The average molecular weight is 478 g/mol. The maximum absolute atomic E-state index is 12.4. The Morgan fingerprint density at radius 2 is 1.91 bits per heavy atom. The highest BCUT2D eigenvalue weighted by Crippen LogP contribution is 2.23. The van der Waals surface area contributed by atoms with Gasteiger partial charge in [-0.15, -0.1) is 0 Å². The highest BCUT2D eigenvalue weighted by atomic mass is 32.2. The van der Waals surface area contributed by atoms with Crippen molar-refractivity contribution in [1.82, 2.24) is 4.57 Å². The number of hydrogen-bond acceptors (Lipinski definition) is 8. The number of ether oxygens (including phenoxy) is 1. The van der Waals surface area contributed by atoms with Crippen LogP contribution in [0, 0.1) is 10.1 Å². The van der Waals surface area contributed by atoms with Gasteiger partial charge in [0.2, 0.25) is 5.91 Å². The number of amides is 1. The fourth-order valence-corrected chi connectivity index (χ4v) is 5.15. The standard InChI is InChI=1S/C20H19N3O7S2/c1-2-30-19(25)13-22-16-12-14(23(26)27)8-9-17(16)31-20(22)21-18(24)10-11-32(28,29)15-6-4-3-5-7-15/h3-9,12H,2,10-11,13H2,1H3. The molecular weight excluding hydrogens is 458 g/mol. The first-order valence-corrected chi connectivity index (χ1v) is 12.0. The lowest BCUT2D eigenvalue weighted by Gasteiger charge is -2.05. The summed E-state index contributed by atoms with van der Waals surface area (Å²) in [5.74, 6) is -1.71. The molecule has 0 atom stereocenters. The number of aromatic nitrogens is 1. The summed E-state index contributed by atoms with van der Waals surface area (Å²) in [6, 6.07) is 11.9. The van der Waals surface area contributed by atoms with Gasteiger partial charge in [-0.05, 0) is 25.1 Å². The molecule has 32 heavy (non-hydrogen) atoms. The molecule has 0 radical (unpaired) electrons. The second-order valence-electron chi connectivity index (χ2n) is 6.57. The number of benzene rings is 2. The Labute approximate surface area is 186 Å². The third kappa shape index (κ3) is 5.45. The van der Waals surface area contributed by atoms with Gasteiger partial charge in [-0.1, -0.05) is 29.5 Å². The van der Waals surface area contributed by atoms with Crippen LogP contribution >= 0.6 is 11.3 Å². The van der Waals surface area contributed by atoms with E-state index in [0.29, 0.717) is 10.2 Å². The molecule has 1 aromatic heterocycles. The zero-order valence-corrected chi connectivity index (χ0v) is 18.6. The number of carbonyl (C=O) groups is 2. The molecular formula is C20H19N3O7S2. The summed E-state index contributed by atoms with van der Waals surface area (Å²) in [6.07, 6.45) is -0.356. The van der Waals surface area contributed by atoms with Crippen LogP contribution in [0.15, 0.2) is 58.4 Å².